The standard InChI is InChI=1S/C8H16N2O/c1-6(10-7(2)9)8-3-4-11-5-8/h6,8H,3-5H2,1-2H3,(H2,9,10). The van der Waals surface area contributed by atoms with Gasteiger partial charge in [-0.15, -0.1) is 0 Å². The third-order valence-corrected chi connectivity index (χ3v) is 2.05. The van der Waals surface area contributed by atoms with Crippen LogP contribution in [0.2, 0.25) is 0 Å². The van der Waals surface area contributed by atoms with Crippen LogP contribution in [-0.4, -0.2) is 25.1 Å². The average molecular weight is 156 g/mol. The second-order valence-corrected chi connectivity index (χ2v) is 3.13. The molecule has 0 aromatic rings. The first kappa shape index (κ1) is 8.53. The van der Waals surface area contributed by atoms with Crippen LogP contribution in [-0.2, 0) is 4.74 Å². The Balaban J connectivity index is 2.40. The Labute approximate surface area is 67.6 Å². The summed E-state index contributed by atoms with van der Waals surface area (Å²) in [7, 11) is 0. The Kier molecular flexibility index (Phi) is 2.88. The van der Waals surface area contributed by atoms with Gasteiger partial charge >= 0.3 is 0 Å². The van der Waals surface area contributed by atoms with Gasteiger partial charge in [0.25, 0.3) is 0 Å². The van der Waals surface area contributed by atoms with Crippen LogP contribution >= 0.6 is 0 Å². The minimum absolute atomic E-state index is 0.322. The number of amidine groups is 1. The van der Waals surface area contributed by atoms with Crippen molar-refractivity contribution in [2.45, 2.75) is 26.3 Å². The number of rotatable bonds is 2. The SMILES string of the molecule is CC(N)=NC(C)C1CCOC1. The van der Waals surface area contributed by atoms with Crippen molar-refractivity contribution < 1.29 is 4.74 Å². The van der Waals surface area contributed by atoms with E-state index in [-0.39, 0.29) is 0 Å². The molecule has 1 heterocycles. The summed E-state index contributed by atoms with van der Waals surface area (Å²) in [5, 5.41) is 0. The summed E-state index contributed by atoms with van der Waals surface area (Å²) in [6.45, 7) is 5.65. The fourth-order valence-corrected chi connectivity index (χ4v) is 1.36. The number of nitrogens with two attached hydrogens (primary N) is 1. The van der Waals surface area contributed by atoms with Gasteiger partial charge in [0, 0.05) is 12.5 Å². The molecule has 0 radical (unpaired) electrons. The zero-order chi connectivity index (χ0) is 8.27. The fourth-order valence-electron chi connectivity index (χ4n) is 1.36. The zero-order valence-corrected chi connectivity index (χ0v) is 7.21. The van der Waals surface area contributed by atoms with Crippen LogP contribution in [0.1, 0.15) is 20.3 Å². The summed E-state index contributed by atoms with van der Waals surface area (Å²) in [6, 6.07) is 0.322. The Hall–Kier alpha value is -0.570. The topological polar surface area (TPSA) is 47.6 Å². The third-order valence-electron chi connectivity index (χ3n) is 2.05. The molecule has 0 amide bonds. The predicted molar refractivity (Wildman–Crippen MR) is 45.7 cm³/mol. The maximum atomic E-state index is 5.47. The largest absolute Gasteiger partial charge is 0.388 e. The molecule has 0 saturated carbocycles. The Bertz CT molecular complexity index is 146. The van der Waals surface area contributed by atoms with Gasteiger partial charge in [-0.05, 0) is 20.3 Å². The van der Waals surface area contributed by atoms with Gasteiger partial charge in [0.2, 0.25) is 0 Å². The minimum atomic E-state index is 0.322. The van der Waals surface area contributed by atoms with Crippen LogP contribution in [0.3, 0.4) is 0 Å². The van der Waals surface area contributed by atoms with Crippen molar-refractivity contribution in [1.82, 2.24) is 0 Å². The molecule has 1 aliphatic heterocycles. The number of hydrogen-bond acceptors (Lipinski definition) is 2. The summed E-state index contributed by atoms with van der Waals surface area (Å²) < 4.78 is 5.25. The van der Waals surface area contributed by atoms with Crippen LogP contribution in [0, 0.1) is 5.92 Å². The van der Waals surface area contributed by atoms with Crippen molar-refractivity contribution >= 4 is 5.84 Å². The number of nitrogens with zero attached hydrogens (tertiary/aromatic N) is 1. The van der Waals surface area contributed by atoms with Crippen molar-refractivity contribution in [3.8, 4) is 0 Å². The lowest BCUT2D eigenvalue weighted by molar-refractivity contribution is 0.182. The molecule has 1 fully saturated rings. The van der Waals surface area contributed by atoms with Crippen LogP contribution in [0.25, 0.3) is 0 Å². The minimum Gasteiger partial charge on any atom is -0.388 e. The first-order valence-corrected chi connectivity index (χ1v) is 4.08. The van der Waals surface area contributed by atoms with Crippen molar-refractivity contribution in [3.63, 3.8) is 0 Å². The maximum Gasteiger partial charge on any atom is 0.0909 e. The van der Waals surface area contributed by atoms with Gasteiger partial charge < -0.3 is 10.5 Å². The van der Waals surface area contributed by atoms with Crippen LogP contribution in [0.15, 0.2) is 4.99 Å². The van der Waals surface area contributed by atoms with Gasteiger partial charge in [0.05, 0.1) is 18.5 Å². The molecule has 3 nitrogen and oxygen atoms in total. The van der Waals surface area contributed by atoms with Gasteiger partial charge in [-0.1, -0.05) is 0 Å². The molecule has 1 rings (SSSR count). The van der Waals surface area contributed by atoms with Crippen molar-refractivity contribution in [3.05, 3.63) is 0 Å². The van der Waals surface area contributed by atoms with Gasteiger partial charge in [-0.25, -0.2) is 0 Å². The van der Waals surface area contributed by atoms with E-state index in [0.717, 1.165) is 19.6 Å². The summed E-state index contributed by atoms with van der Waals surface area (Å²) in [5.41, 5.74) is 5.47. The summed E-state index contributed by atoms with van der Waals surface area (Å²) >= 11 is 0. The maximum absolute atomic E-state index is 5.47. The Morgan fingerprint density at radius 3 is 2.91 bits per heavy atom. The summed E-state index contributed by atoms with van der Waals surface area (Å²) in [5.74, 6) is 1.25. The van der Waals surface area contributed by atoms with Crippen molar-refractivity contribution in [1.29, 1.82) is 0 Å². The highest BCUT2D eigenvalue weighted by atomic mass is 16.5. The fraction of sp³-hybridized carbons (Fsp3) is 0.875. The van der Waals surface area contributed by atoms with E-state index in [1.54, 1.807) is 0 Å². The molecule has 2 atom stereocenters. The Morgan fingerprint density at radius 1 is 1.73 bits per heavy atom. The molecule has 0 aliphatic carbocycles. The molecule has 0 aromatic heterocycles. The van der Waals surface area contributed by atoms with Crippen molar-refractivity contribution in [2.75, 3.05) is 13.2 Å². The Morgan fingerprint density at radius 2 is 2.45 bits per heavy atom. The van der Waals surface area contributed by atoms with Gasteiger partial charge in [-0.2, -0.15) is 0 Å². The lowest BCUT2D eigenvalue weighted by Crippen LogP contribution is -2.19. The molecule has 2 N–H and O–H groups in total. The number of ether oxygens (including phenoxy) is 1. The smallest absolute Gasteiger partial charge is 0.0909 e. The quantitative estimate of drug-likeness (QED) is 0.474. The van der Waals surface area contributed by atoms with E-state index in [1.807, 2.05) is 6.92 Å². The van der Waals surface area contributed by atoms with E-state index < -0.39 is 0 Å². The molecule has 0 bridgehead atoms. The van der Waals surface area contributed by atoms with Crippen LogP contribution in [0.4, 0.5) is 0 Å². The lowest BCUT2D eigenvalue weighted by Gasteiger charge is -2.12. The number of hydrogen-bond donors (Lipinski definition) is 1. The second kappa shape index (κ2) is 3.72. The highest BCUT2D eigenvalue weighted by Crippen LogP contribution is 2.18. The van der Waals surface area contributed by atoms with Crippen molar-refractivity contribution in [2.24, 2.45) is 16.6 Å². The highest BCUT2D eigenvalue weighted by molar-refractivity contribution is 5.77. The molecule has 0 aromatic carbocycles. The predicted octanol–water partition coefficient (Wildman–Crippen LogP) is 0.788. The van der Waals surface area contributed by atoms with E-state index >= 15 is 0 Å². The first-order valence-electron chi connectivity index (χ1n) is 4.08. The van der Waals surface area contributed by atoms with Gasteiger partial charge in [0.15, 0.2) is 0 Å². The second-order valence-electron chi connectivity index (χ2n) is 3.13. The zero-order valence-electron chi connectivity index (χ0n) is 7.21. The molecular formula is C8H16N2O. The molecule has 0 spiro atoms. The monoisotopic (exact) mass is 156 g/mol. The van der Waals surface area contributed by atoms with Gasteiger partial charge in [0.1, 0.15) is 0 Å². The molecule has 3 heteroatoms. The lowest BCUT2D eigenvalue weighted by atomic mass is 10.0. The summed E-state index contributed by atoms with van der Waals surface area (Å²) in [4.78, 5) is 4.27. The highest BCUT2D eigenvalue weighted by Gasteiger charge is 2.21. The molecular weight excluding hydrogens is 140 g/mol. The molecule has 64 valence electrons. The van der Waals surface area contributed by atoms with E-state index in [4.69, 9.17) is 10.5 Å². The van der Waals surface area contributed by atoms with E-state index in [0.29, 0.717) is 17.8 Å². The van der Waals surface area contributed by atoms with E-state index in [2.05, 4.69) is 11.9 Å². The van der Waals surface area contributed by atoms with E-state index in [9.17, 15) is 0 Å². The first-order chi connectivity index (χ1) is 5.20. The molecule has 1 saturated heterocycles. The van der Waals surface area contributed by atoms with E-state index in [1.165, 1.54) is 0 Å². The molecule has 1 aliphatic rings. The third kappa shape index (κ3) is 2.50. The molecule has 11 heavy (non-hydrogen) atoms. The van der Waals surface area contributed by atoms with Crippen LogP contribution in [0.5, 0.6) is 0 Å². The molecule has 2 unspecified atom stereocenters. The normalized spacial score (nSPS) is 28.9. The summed E-state index contributed by atoms with van der Waals surface area (Å²) in [6.07, 6.45) is 1.12. The number of aliphatic imine (C=N–C) groups is 1. The van der Waals surface area contributed by atoms with Gasteiger partial charge in [-0.3, -0.25) is 4.99 Å². The average Bonchev–Trinajstić information content (AvgIpc) is 2.35. The van der Waals surface area contributed by atoms with Crippen LogP contribution < -0.4 is 5.73 Å².